The predicted molar refractivity (Wildman–Crippen MR) is 142 cm³/mol. The summed E-state index contributed by atoms with van der Waals surface area (Å²) in [6.07, 6.45) is -2.31. The Kier molecular flexibility index (Phi) is 8.72. The third kappa shape index (κ3) is 6.55. The molecule has 0 radical (unpaired) electrons. The van der Waals surface area contributed by atoms with Gasteiger partial charge < -0.3 is 19.1 Å². The second-order valence-electron chi connectivity index (χ2n) is 10.6. The van der Waals surface area contributed by atoms with Crippen LogP contribution in [0.25, 0.3) is 0 Å². The van der Waals surface area contributed by atoms with Gasteiger partial charge in [-0.3, -0.25) is 23.7 Å². The van der Waals surface area contributed by atoms with Crippen molar-refractivity contribution < 1.29 is 37.4 Å². The van der Waals surface area contributed by atoms with Gasteiger partial charge in [0.25, 0.3) is 5.56 Å². The Morgan fingerprint density at radius 1 is 1.30 bits per heavy atom. The number of alkyl halides is 1. The first-order chi connectivity index (χ1) is 18.7. The van der Waals surface area contributed by atoms with Gasteiger partial charge in [0, 0.05) is 12.3 Å². The van der Waals surface area contributed by atoms with Gasteiger partial charge >= 0.3 is 19.4 Å². The maximum Gasteiger partial charge on any atom is 0.459 e. The number of benzene rings is 1. The minimum absolute atomic E-state index is 0.232. The number of para-hydroxylation sites is 1. The van der Waals surface area contributed by atoms with Crippen molar-refractivity contribution in [2.45, 2.75) is 89.6 Å². The number of H-pyrrole nitrogens is 1. The van der Waals surface area contributed by atoms with E-state index in [1.165, 1.54) is 6.92 Å². The first kappa shape index (κ1) is 30.1. The van der Waals surface area contributed by atoms with Gasteiger partial charge in [0.2, 0.25) is 0 Å². The Morgan fingerprint density at radius 3 is 2.62 bits per heavy atom. The van der Waals surface area contributed by atoms with Crippen LogP contribution >= 0.6 is 7.75 Å². The number of hydrogen-bond acceptors (Lipinski definition) is 9. The normalized spacial score (nSPS) is 26.9. The lowest BCUT2D eigenvalue weighted by Crippen LogP contribution is -2.43. The summed E-state index contributed by atoms with van der Waals surface area (Å²) >= 11 is 0. The van der Waals surface area contributed by atoms with E-state index in [4.69, 9.17) is 18.5 Å². The molecule has 1 saturated carbocycles. The van der Waals surface area contributed by atoms with Crippen LogP contribution in [0.2, 0.25) is 0 Å². The molecule has 2 aliphatic rings. The molecular weight excluding hydrogens is 548 g/mol. The molecule has 2 fully saturated rings. The fourth-order valence-electron chi connectivity index (χ4n) is 4.48. The van der Waals surface area contributed by atoms with Gasteiger partial charge in [-0.1, -0.05) is 18.2 Å². The second-order valence-corrected chi connectivity index (χ2v) is 12.3. The third-order valence-electron chi connectivity index (χ3n) is 6.76. The van der Waals surface area contributed by atoms with Crippen molar-refractivity contribution in [1.29, 1.82) is 0 Å². The van der Waals surface area contributed by atoms with Crippen molar-refractivity contribution in [3.63, 3.8) is 0 Å². The highest BCUT2D eigenvalue weighted by Crippen LogP contribution is 2.52. The summed E-state index contributed by atoms with van der Waals surface area (Å²) in [5, 5.41) is 13.3. The van der Waals surface area contributed by atoms with Crippen molar-refractivity contribution in [3.05, 3.63) is 62.4 Å². The van der Waals surface area contributed by atoms with E-state index in [-0.39, 0.29) is 5.92 Å². The minimum atomic E-state index is -4.37. The Hall–Kier alpha value is -2.83. The number of ether oxygens (including phenoxy) is 2. The molecule has 0 spiro atoms. The Balaban J connectivity index is 1.59. The highest BCUT2D eigenvalue weighted by Gasteiger charge is 2.56. The van der Waals surface area contributed by atoms with Gasteiger partial charge in [-0.2, -0.15) is 5.09 Å². The van der Waals surface area contributed by atoms with Gasteiger partial charge in [-0.25, -0.2) is 13.8 Å². The average Bonchev–Trinajstić information content (AvgIpc) is 3.67. The summed E-state index contributed by atoms with van der Waals surface area (Å²) in [6.45, 7) is 6.96. The molecule has 2 aromatic rings. The number of rotatable bonds is 11. The highest BCUT2D eigenvalue weighted by atomic mass is 31.2. The number of hydrogen-bond donors (Lipinski definition) is 3. The van der Waals surface area contributed by atoms with E-state index in [2.05, 4.69) is 5.09 Å². The quantitative estimate of drug-likeness (QED) is 0.265. The zero-order chi connectivity index (χ0) is 29.4. The Labute approximate surface area is 230 Å². The largest absolute Gasteiger partial charge is 0.462 e. The van der Waals surface area contributed by atoms with Crippen LogP contribution in [-0.2, 0) is 23.4 Å². The zero-order valence-electron chi connectivity index (χ0n) is 23.0. The summed E-state index contributed by atoms with van der Waals surface area (Å²) in [5.74, 6) is -0.123. The first-order valence-corrected chi connectivity index (χ1v) is 14.6. The van der Waals surface area contributed by atoms with Crippen LogP contribution in [0.3, 0.4) is 0 Å². The molecule has 6 atom stereocenters. The second kappa shape index (κ2) is 11.6. The summed E-state index contributed by atoms with van der Waals surface area (Å²) in [7, 11) is -4.37. The van der Waals surface area contributed by atoms with Crippen LogP contribution in [0, 0.1) is 6.92 Å². The maximum absolute atomic E-state index is 15.6. The van der Waals surface area contributed by atoms with Crippen molar-refractivity contribution in [3.8, 4) is 5.75 Å². The number of aryl methyl sites for hydroxylation is 1. The van der Waals surface area contributed by atoms with Crippen LogP contribution in [0.1, 0.15) is 63.8 Å². The molecular formula is C26H35FN3O9P. The molecule has 14 heteroatoms. The number of carbonyl (C=O) groups is 1. The average molecular weight is 584 g/mol. The van der Waals surface area contributed by atoms with E-state index >= 15 is 4.39 Å². The fraction of sp³-hybridized carbons (Fsp3) is 0.577. The number of aliphatic hydroxyl groups excluding tert-OH is 1. The molecule has 40 heavy (non-hydrogen) atoms. The molecule has 1 aliphatic carbocycles. The minimum Gasteiger partial charge on any atom is -0.462 e. The Bertz CT molecular complexity index is 1400. The van der Waals surface area contributed by atoms with Crippen LogP contribution in [-0.4, -0.2) is 57.3 Å². The summed E-state index contributed by atoms with van der Waals surface area (Å²) < 4.78 is 53.0. The molecule has 1 aliphatic heterocycles. The number of nitrogens with zero attached hydrogens (tertiary/aromatic N) is 1. The van der Waals surface area contributed by atoms with Crippen LogP contribution in [0.15, 0.2) is 40.1 Å². The van der Waals surface area contributed by atoms with Crippen LogP contribution < -0.4 is 20.9 Å². The van der Waals surface area contributed by atoms with E-state index in [1.54, 1.807) is 26.8 Å². The predicted octanol–water partition coefficient (Wildman–Crippen LogP) is 2.84. The van der Waals surface area contributed by atoms with Gasteiger partial charge in [0.15, 0.2) is 11.9 Å². The molecule has 0 amide bonds. The van der Waals surface area contributed by atoms with Gasteiger partial charge in [0.05, 0.1) is 12.7 Å². The molecule has 4 rings (SSSR count). The summed E-state index contributed by atoms with van der Waals surface area (Å²) in [5.41, 5.74) is -2.57. The van der Waals surface area contributed by atoms with Gasteiger partial charge in [-0.05, 0) is 64.5 Å². The molecule has 0 bridgehead atoms. The van der Waals surface area contributed by atoms with Crippen LogP contribution in [0.5, 0.6) is 5.75 Å². The monoisotopic (exact) mass is 583 g/mol. The number of halogens is 1. The number of aromatic nitrogens is 2. The maximum atomic E-state index is 15.6. The van der Waals surface area contributed by atoms with Gasteiger partial charge in [0.1, 0.15) is 24.0 Å². The fourth-order valence-corrected chi connectivity index (χ4v) is 6.08. The number of carbonyl (C=O) groups excluding carboxylic acids is 1. The number of esters is 1. The zero-order valence-corrected chi connectivity index (χ0v) is 23.9. The van der Waals surface area contributed by atoms with Crippen molar-refractivity contribution in [1.82, 2.24) is 14.6 Å². The molecule has 2 heterocycles. The lowest BCUT2D eigenvalue weighted by atomic mass is 9.98. The molecule has 1 aromatic heterocycles. The number of nitrogens with one attached hydrogen (secondary N) is 2. The van der Waals surface area contributed by atoms with E-state index < -0.39 is 67.8 Å². The summed E-state index contributed by atoms with van der Waals surface area (Å²) in [4.78, 5) is 38.2. The van der Waals surface area contributed by atoms with E-state index in [9.17, 15) is 24.1 Å². The van der Waals surface area contributed by atoms with Crippen LogP contribution in [0.4, 0.5) is 4.39 Å². The van der Waals surface area contributed by atoms with E-state index in [1.807, 2.05) is 17.1 Å². The molecule has 220 valence electrons. The first-order valence-electron chi connectivity index (χ1n) is 13.1. The van der Waals surface area contributed by atoms with Crippen molar-refractivity contribution >= 4 is 13.7 Å². The molecule has 1 unspecified atom stereocenters. The van der Waals surface area contributed by atoms with Crippen molar-refractivity contribution in [2.75, 3.05) is 6.61 Å². The van der Waals surface area contributed by atoms with Gasteiger partial charge in [-0.15, -0.1) is 0 Å². The lowest BCUT2D eigenvalue weighted by molar-refractivity contribution is -0.149. The molecule has 1 aromatic carbocycles. The molecule has 1 saturated heterocycles. The van der Waals surface area contributed by atoms with Crippen molar-refractivity contribution in [2.24, 2.45) is 0 Å². The Morgan fingerprint density at radius 2 is 2.00 bits per heavy atom. The molecule has 12 nitrogen and oxygen atoms in total. The van der Waals surface area contributed by atoms with E-state index in [0.717, 1.165) is 42.2 Å². The SMILES string of the molecule is Cc1cccc(C2CC2)c1OP(=O)(N[C@@H](C)C(=O)OC(C)C)OC[C@H]1O[C@@H](n2ccc(=O)[nH]c2=O)[C@](C)(F)[C@@H]1O. The smallest absolute Gasteiger partial charge is 0.459 e. The molecule has 3 N–H and O–H groups in total. The highest BCUT2D eigenvalue weighted by molar-refractivity contribution is 7.52. The number of aromatic amines is 1. The summed E-state index contributed by atoms with van der Waals surface area (Å²) in [6, 6.07) is 5.41. The van der Waals surface area contributed by atoms with E-state index in [0.29, 0.717) is 11.3 Å². The topological polar surface area (TPSA) is 158 Å². The standard InChI is InChI=1S/C26H35FN3O9P/c1-14(2)37-23(33)16(4)29-40(35,39-21-15(3)7-6-8-18(21)17-9-10-17)36-13-19-22(32)26(5,27)24(38-19)30-12-11-20(31)28-25(30)34/h6-8,11-12,14,16-17,19,22,24,32H,9-10,13H2,1-5H3,(H,29,35)(H,28,31,34)/t16-,19+,22+,24+,26+,40?/m0/s1. The third-order valence-corrected chi connectivity index (χ3v) is 8.37. The number of aliphatic hydroxyl groups is 1. The lowest BCUT2D eigenvalue weighted by Gasteiger charge is -2.26.